The first-order chi connectivity index (χ1) is 21.6. The monoisotopic (exact) mass is 609 g/mol. The maximum atomic E-state index is 15.7. The van der Waals surface area contributed by atoms with Crippen LogP contribution in [0.5, 0.6) is 0 Å². The number of hydrogen-bond donors (Lipinski definition) is 1. The molecule has 7 aliphatic rings. The van der Waals surface area contributed by atoms with E-state index in [1.807, 2.05) is 0 Å². The third kappa shape index (κ3) is 5.81. The van der Waals surface area contributed by atoms with Crippen molar-refractivity contribution in [3.63, 3.8) is 0 Å². The van der Waals surface area contributed by atoms with Gasteiger partial charge in [0.05, 0.1) is 18.6 Å². The Morgan fingerprint density at radius 2 is 1.50 bits per heavy atom. The molecular formula is C37H59N3O4. The molecule has 2 unspecified atom stereocenters. The number of hydrogen-bond acceptors (Lipinski definition) is 5. The minimum atomic E-state index is -0.494. The second-order valence-corrected chi connectivity index (χ2v) is 15.8. The minimum absolute atomic E-state index is 0.00489. The number of piperidine rings is 1. The molecule has 246 valence electrons. The van der Waals surface area contributed by atoms with Crippen LogP contribution in [0.15, 0.2) is 11.3 Å². The number of carbonyl (C=O) groups excluding carboxylic acids is 2. The van der Waals surface area contributed by atoms with Crippen molar-refractivity contribution in [1.29, 1.82) is 0 Å². The van der Waals surface area contributed by atoms with Crippen LogP contribution >= 0.6 is 0 Å². The van der Waals surface area contributed by atoms with Gasteiger partial charge in [-0.1, -0.05) is 32.1 Å². The van der Waals surface area contributed by atoms with Crippen LogP contribution < -0.4 is 0 Å². The highest BCUT2D eigenvalue weighted by Crippen LogP contribution is 2.60. The molecule has 2 saturated heterocycles. The van der Waals surface area contributed by atoms with Gasteiger partial charge < -0.3 is 19.6 Å². The Morgan fingerprint density at radius 3 is 2.27 bits per heavy atom. The zero-order chi connectivity index (χ0) is 30.1. The van der Waals surface area contributed by atoms with Crippen LogP contribution in [-0.2, 0) is 14.3 Å². The number of aliphatic hydroxyl groups is 1. The molecule has 0 aromatic heterocycles. The molecule has 7 nitrogen and oxygen atoms in total. The maximum absolute atomic E-state index is 15.7. The number of carbonyl (C=O) groups is 2. The molecular weight excluding hydrogens is 550 g/mol. The predicted molar refractivity (Wildman–Crippen MR) is 172 cm³/mol. The van der Waals surface area contributed by atoms with Crippen molar-refractivity contribution in [3.8, 4) is 0 Å². The van der Waals surface area contributed by atoms with Crippen molar-refractivity contribution in [1.82, 2.24) is 14.7 Å². The van der Waals surface area contributed by atoms with Gasteiger partial charge in [0.2, 0.25) is 11.8 Å². The van der Waals surface area contributed by atoms with Gasteiger partial charge in [-0.15, -0.1) is 0 Å². The molecule has 4 aliphatic carbocycles. The van der Waals surface area contributed by atoms with Crippen LogP contribution in [0.4, 0.5) is 0 Å². The summed E-state index contributed by atoms with van der Waals surface area (Å²) in [6.45, 7) is 6.28. The average molecular weight is 610 g/mol. The zero-order valence-electron chi connectivity index (χ0n) is 27.4. The molecule has 0 aromatic carbocycles. The van der Waals surface area contributed by atoms with E-state index in [2.05, 4.69) is 14.7 Å². The maximum Gasteiger partial charge on any atom is 0.235 e. The molecule has 4 atom stereocenters. The molecule has 3 aliphatic heterocycles. The lowest BCUT2D eigenvalue weighted by molar-refractivity contribution is -0.184. The fourth-order valence-corrected chi connectivity index (χ4v) is 11.2. The normalized spacial score (nSPS) is 37.8. The van der Waals surface area contributed by atoms with Gasteiger partial charge in [-0.3, -0.25) is 14.5 Å². The molecule has 0 radical (unpaired) electrons. The van der Waals surface area contributed by atoms with Gasteiger partial charge in [0, 0.05) is 57.0 Å². The first kappa shape index (κ1) is 31.2. The number of amides is 2. The van der Waals surface area contributed by atoms with E-state index in [0.29, 0.717) is 29.6 Å². The van der Waals surface area contributed by atoms with E-state index in [4.69, 9.17) is 4.74 Å². The highest BCUT2D eigenvalue weighted by Gasteiger charge is 2.66. The number of fused-ring (bicyclic) bond motifs is 2. The van der Waals surface area contributed by atoms with E-state index in [0.717, 1.165) is 117 Å². The SMILES string of the molecule is O=C1C2CCCCC2[C@@]2(CC3=C(CCCC3)N(CCN3CCOCC3)C2=O)[C@H](C2CCC(CO)CC2)N1CC1CCCCC1. The summed E-state index contributed by atoms with van der Waals surface area (Å²) >= 11 is 0. The lowest BCUT2D eigenvalue weighted by atomic mass is 9.50. The van der Waals surface area contributed by atoms with Crippen LogP contribution in [0.25, 0.3) is 0 Å². The number of aliphatic hydroxyl groups excluding tert-OH is 1. The summed E-state index contributed by atoms with van der Waals surface area (Å²) in [4.78, 5) is 37.6. The minimum Gasteiger partial charge on any atom is -0.396 e. The number of allylic oxidation sites excluding steroid dienone is 2. The van der Waals surface area contributed by atoms with Crippen molar-refractivity contribution in [2.24, 2.45) is 35.0 Å². The molecule has 3 saturated carbocycles. The quantitative estimate of drug-likeness (QED) is 0.397. The van der Waals surface area contributed by atoms with Crippen molar-refractivity contribution in [2.75, 3.05) is 52.5 Å². The summed E-state index contributed by atoms with van der Waals surface area (Å²) < 4.78 is 5.64. The highest BCUT2D eigenvalue weighted by molar-refractivity contribution is 5.92. The third-order valence-corrected chi connectivity index (χ3v) is 13.4. The summed E-state index contributed by atoms with van der Waals surface area (Å²) in [6.07, 6.45) is 20.2. The fraction of sp³-hybridized carbons (Fsp3) is 0.892. The van der Waals surface area contributed by atoms with Crippen LogP contribution in [0, 0.1) is 35.0 Å². The van der Waals surface area contributed by atoms with Gasteiger partial charge in [-0.25, -0.2) is 0 Å². The van der Waals surface area contributed by atoms with Gasteiger partial charge >= 0.3 is 0 Å². The van der Waals surface area contributed by atoms with Crippen molar-refractivity contribution >= 4 is 11.8 Å². The largest absolute Gasteiger partial charge is 0.396 e. The Morgan fingerprint density at radius 1 is 0.773 bits per heavy atom. The lowest BCUT2D eigenvalue weighted by Gasteiger charge is -2.63. The number of nitrogens with zero attached hydrogens (tertiary/aromatic N) is 3. The Bertz CT molecular complexity index is 1060. The smallest absolute Gasteiger partial charge is 0.235 e. The number of likely N-dealkylation sites (tertiary alicyclic amines) is 1. The van der Waals surface area contributed by atoms with Gasteiger partial charge in [0.1, 0.15) is 0 Å². The van der Waals surface area contributed by atoms with Gasteiger partial charge in [-0.05, 0) is 113 Å². The number of ether oxygens (including phenoxy) is 1. The van der Waals surface area contributed by atoms with Crippen molar-refractivity contribution in [3.05, 3.63) is 11.3 Å². The standard InChI is InChI=1S/C37H59N3O4/c41-26-28-14-16-29(17-15-28)34-37(32-12-6-5-11-31(32)35(42)40(34)25-27-8-2-1-3-9-27)24-30-10-4-7-13-33(30)39(36(37)43)19-18-38-20-22-44-23-21-38/h27-29,31-32,34,41H,1-26H2/t28?,29?,31?,32?,34-,37-/m0/s1. The van der Waals surface area contributed by atoms with Crippen LogP contribution in [-0.4, -0.2) is 90.2 Å². The summed E-state index contributed by atoms with van der Waals surface area (Å²) in [5, 5.41) is 10.0. The van der Waals surface area contributed by atoms with E-state index in [1.54, 1.807) is 5.57 Å². The fourth-order valence-electron chi connectivity index (χ4n) is 11.2. The molecule has 7 rings (SSSR count). The van der Waals surface area contributed by atoms with Gasteiger partial charge in [-0.2, -0.15) is 0 Å². The van der Waals surface area contributed by atoms with E-state index in [9.17, 15) is 9.90 Å². The van der Waals surface area contributed by atoms with Crippen LogP contribution in [0.1, 0.15) is 116 Å². The third-order valence-electron chi connectivity index (χ3n) is 13.4. The Labute approximate surface area is 266 Å². The molecule has 2 amide bonds. The molecule has 3 heterocycles. The number of morpholine rings is 1. The second-order valence-electron chi connectivity index (χ2n) is 15.8. The molecule has 0 aromatic rings. The van der Waals surface area contributed by atoms with E-state index >= 15 is 4.79 Å². The molecule has 1 N–H and O–H groups in total. The lowest BCUT2D eigenvalue weighted by Crippen LogP contribution is -2.71. The van der Waals surface area contributed by atoms with Crippen LogP contribution in [0.3, 0.4) is 0 Å². The summed E-state index contributed by atoms with van der Waals surface area (Å²) in [6, 6.07) is 0.00489. The molecule has 5 fully saturated rings. The molecule has 44 heavy (non-hydrogen) atoms. The zero-order valence-corrected chi connectivity index (χ0v) is 27.4. The highest BCUT2D eigenvalue weighted by atomic mass is 16.5. The topological polar surface area (TPSA) is 73.3 Å². The Balaban J connectivity index is 1.30. The van der Waals surface area contributed by atoms with E-state index in [1.165, 1.54) is 50.6 Å². The van der Waals surface area contributed by atoms with E-state index in [-0.39, 0.29) is 24.5 Å². The van der Waals surface area contributed by atoms with E-state index < -0.39 is 5.41 Å². The first-order valence-corrected chi connectivity index (χ1v) is 18.8. The summed E-state index contributed by atoms with van der Waals surface area (Å²) in [7, 11) is 0. The first-order valence-electron chi connectivity index (χ1n) is 18.8. The Kier molecular flexibility index (Phi) is 9.73. The summed E-state index contributed by atoms with van der Waals surface area (Å²) in [5.74, 6) is 2.26. The predicted octanol–water partition coefficient (Wildman–Crippen LogP) is 5.76. The summed E-state index contributed by atoms with van der Waals surface area (Å²) in [5.41, 5.74) is 2.42. The van der Waals surface area contributed by atoms with Gasteiger partial charge in [0.25, 0.3) is 0 Å². The number of rotatable bonds is 7. The average Bonchev–Trinajstić information content (AvgIpc) is 3.08. The molecule has 7 heteroatoms. The van der Waals surface area contributed by atoms with Crippen molar-refractivity contribution < 1.29 is 19.4 Å². The molecule has 1 spiro atoms. The van der Waals surface area contributed by atoms with Gasteiger partial charge in [0.15, 0.2) is 0 Å². The Hall–Kier alpha value is -1.44. The van der Waals surface area contributed by atoms with Crippen molar-refractivity contribution in [2.45, 2.75) is 122 Å². The molecule has 0 bridgehead atoms. The van der Waals surface area contributed by atoms with Crippen LogP contribution in [0.2, 0.25) is 0 Å². The second kappa shape index (κ2) is 13.7.